The molecular formula is C17H29N3O. The van der Waals surface area contributed by atoms with E-state index in [4.69, 9.17) is 5.73 Å². The molecule has 2 atom stereocenters. The van der Waals surface area contributed by atoms with E-state index in [-0.39, 0.29) is 18.0 Å². The largest absolute Gasteiger partial charge is 0.353 e. The van der Waals surface area contributed by atoms with Crippen molar-refractivity contribution in [2.45, 2.75) is 58.0 Å². The Bertz CT molecular complexity index is 466. The standard InChI is InChI=1S/C17H29N3O/c1-13(2)12-14(18)17(21)20-11-6-4-5-8-16(20)15-9-7-10-19(15)3/h7,9-10,13-14,16H,4-6,8,11-12,18H2,1-3H3/t14-,16?/m0/s1. The summed E-state index contributed by atoms with van der Waals surface area (Å²) in [6.07, 6.45) is 7.31. The van der Waals surface area contributed by atoms with Gasteiger partial charge in [-0.3, -0.25) is 4.79 Å². The molecule has 1 aliphatic rings. The van der Waals surface area contributed by atoms with Gasteiger partial charge in [0.05, 0.1) is 12.1 Å². The van der Waals surface area contributed by atoms with Gasteiger partial charge in [-0.15, -0.1) is 0 Å². The van der Waals surface area contributed by atoms with Crippen LogP contribution in [0.25, 0.3) is 0 Å². The number of rotatable bonds is 4. The molecular weight excluding hydrogens is 262 g/mol. The Hall–Kier alpha value is -1.29. The number of aromatic nitrogens is 1. The molecule has 0 saturated carbocycles. The van der Waals surface area contributed by atoms with Crippen molar-refractivity contribution in [3.63, 3.8) is 0 Å². The van der Waals surface area contributed by atoms with Gasteiger partial charge in [0.2, 0.25) is 5.91 Å². The van der Waals surface area contributed by atoms with Gasteiger partial charge in [0.1, 0.15) is 0 Å². The van der Waals surface area contributed by atoms with Crippen molar-refractivity contribution >= 4 is 5.91 Å². The van der Waals surface area contributed by atoms with Gasteiger partial charge in [0.15, 0.2) is 0 Å². The van der Waals surface area contributed by atoms with Crippen LogP contribution in [-0.2, 0) is 11.8 Å². The predicted molar refractivity (Wildman–Crippen MR) is 85.8 cm³/mol. The first-order valence-electron chi connectivity index (χ1n) is 8.18. The van der Waals surface area contributed by atoms with Crippen molar-refractivity contribution in [2.75, 3.05) is 6.54 Å². The van der Waals surface area contributed by atoms with Crippen molar-refractivity contribution in [3.8, 4) is 0 Å². The zero-order valence-corrected chi connectivity index (χ0v) is 13.6. The molecule has 2 N–H and O–H groups in total. The molecule has 1 fully saturated rings. The fourth-order valence-electron chi connectivity index (χ4n) is 3.32. The Kier molecular flexibility index (Phi) is 5.45. The lowest BCUT2D eigenvalue weighted by molar-refractivity contribution is -0.135. The van der Waals surface area contributed by atoms with E-state index in [0.29, 0.717) is 5.92 Å². The van der Waals surface area contributed by atoms with Gasteiger partial charge in [-0.2, -0.15) is 0 Å². The molecule has 0 radical (unpaired) electrons. The van der Waals surface area contributed by atoms with Crippen LogP contribution in [0.15, 0.2) is 18.3 Å². The monoisotopic (exact) mass is 291 g/mol. The molecule has 0 aromatic carbocycles. The minimum Gasteiger partial charge on any atom is -0.353 e. The quantitative estimate of drug-likeness (QED) is 0.927. The third-order valence-corrected chi connectivity index (χ3v) is 4.40. The number of hydrogen-bond donors (Lipinski definition) is 1. The topological polar surface area (TPSA) is 51.3 Å². The second-order valence-corrected chi connectivity index (χ2v) is 6.68. The number of carbonyl (C=O) groups excluding carboxylic acids is 1. The van der Waals surface area contributed by atoms with Crippen LogP contribution < -0.4 is 5.73 Å². The summed E-state index contributed by atoms with van der Waals surface area (Å²) >= 11 is 0. The maximum Gasteiger partial charge on any atom is 0.240 e. The average molecular weight is 291 g/mol. The Morgan fingerprint density at radius 1 is 1.38 bits per heavy atom. The van der Waals surface area contributed by atoms with E-state index in [9.17, 15) is 4.79 Å². The third kappa shape index (κ3) is 3.88. The van der Waals surface area contributed by atoms with Crippen molar-refractivity contribution in [1.29, 1.82) is 0 Å². The molecule has 0 bridgehead atoms. The second-order valence-electron chi connectivity index (χ2n) is 6.68. The minimum atomic E-state index is -0.370. The van der Waals surface area contributed by atoms with E-state index in [0.717, 1.165) is 25.8 Å². The van der Waals surface area contributed by atoms with E-state index in [2.05, 4.69) is 43.8 Å². The number of nitrogens with zero attached hydrogens (tertiary/aromatic N) is 2. The Morgan fingerprint density at radius 2 is 2.14 bits per heavy atom. The van der Waals surface area contributed by atoms with E-state index in [1.807, 2.05) is 4.90 Å². The van der Waals surface area contributed by atoms with Gasteiger partial charge in [-0.1, -0.05) is 26.7 Å². The molecule has 0 aliphatic carbocycles. The van der Waals surface area contributed by atoms with Crippen LogP contribution in [0.1, 0.15) is 57.7 Å². The predicted octanol–water partition coefficient (Wildman–Crippen LogP) is 2.84. The molecule has 1 aromatic heterocycles. The SMILES string of the molecule is CC(C)C[C@H](N)C(=O)N1CCCCCC1c1cccn1C. The molecule has 0 spiro atoms. The summed E-state index contributed by atoms with van der Waals surface area (Å²) in [7, 11) is 2.05. The number of carbonyl (C=O) groups is 1. The molecule has 118 valence electrons. The van der Waals surface area contributed by atoms with Crippen LogP contribution in [0.3, 0.4) is 0 Å². The summed E-state index contributed by atoms with van der Waals surface area (Å²) in [5.74, 6) is 0.571. The van der Waals surface area contributed by atoms with Gasteiger partial charge in [-0.25, -0.2) is 0 Å². The Balaban J connectivity index is 2.20. The highest BCUT2D eigenvalue weighted by atomic mass is 16.2. The van der Waals surface area contributed by atoms with E-state index < -0.39 is 0 Å². The Labute approximate surface area is 128 Å². The fraction of sp³-hybridized carbons (Fsp3) is 0.706. The molecule has 1 aliphatic heterocycles. The van der Waals surface area contributed by atoms with Gasteiger partial charge in [-0.05, 0) is 37.3 Å². The van der Waals surface area contributed by atoms with Crippen LogP contribution in [-0.4, -0.2) is 28.0 Å². The van der Waals surface area contributed by atoms with Gasteiger partial charge >= 0.3 is 0 Å². The summed E-state index contributed by atoms with van der Waals surface area (Å²) in [5, 5.41) is 0. The van der Waals surface area contributed by atoms with Crippen LogP contribution >= 0.6 is 0 Å². The van der Waals surface area contributed by atoms with Crippen molar-refractivity contribution < 1.29 is 4.79 Å². The van der Waals surface area contributed by atoms with Crippen LogP contribution in [0.5, 0.6) is 0 Å². The van der Waals surface area contributed by atoms with Crippen LogP contribution in [0.4, 0.5) is 0 Å². The average Bonchev–Trinajstić information content (AvgIpc) is 2.71. The molecule has 1 saturated heterocycles. The summed E-state index contributed by atoms with van der Waals surface area (Å²) in [6, 6.07) is 3.99. The summed E-state index contributed by atoms with van der Waals surface area (Å²) in [5.41, 5.74) is 7.38. The normalized spacial score (nSPS) is 21.4. The first kappa shape index (κ1) is 16.1. The highest BCUT2D eigenvalue weighted by Crippen LogP contribution is 2.30. The number of likely N-dealkylation sites (tertiary alicyclic amines) is 1. The van der Waals surface area contributed by atoms with Gasteiger partial charge in [0.25, 0.3) is 0 Å². The molecule has 4 nitrogen and oxygen atoms in total. The van der Waals surface area contributed by atoms with Crippen molar-refractivity contribution in [1.82, 2.24) is 9.47 Å². The fourth-order valence-corrected chi connectivity index (χ4v) is 3.32. The first-order valence-corrected chi connectivity index (χ1v) is 8.18. The summed E-state index contributed by atoms with van der Waals surface area (Å²) in [4.78, 5) is 14.8. The molecule has 2 heterocycles. The number of amides is 1. The second kappa shape index (κ2) is 7.12. The lowest BCUT2D eigenvalue weighted by Crippen LogP contribution is -2.46. The molecule has 2 rings (SSSR count). The number of hydrogen-bond acceptors (Lipinski definition) is 2. The van der Waals surface area contributed by atoms with Crippen molar-refractivity contribution in [3.05, 3.63) is 24.0 Å². The zero-order valence-electron chi connectivity index (χ0n) is 13.6. The van der Waals surface area contributed by atoms with Gasteiger partial charge in [0, 0.05) is 25.5 Å². The molecule has 4 heteroatoms. The molecule has 1 amide bonds. The third-order valence-electron chi connectivity index (χ3n) is 4.40. The summed E-state index contributed by atoms with van der Waals surface area (Å²) in [6.45, 7) is 5.06. The summed E-state index contributed by atoms with van der Waals surface area (Å²) < 4.78 is 2.13. The number of nitrogens with two attached hydrogens (primary N) is 1. The van der Waals surface area contributed by atoms with E-state index >= 15 is 0 Å². The maximum atomic E-state index is 12.8. The van der Waals surface area contributed by atoms with E-state index in [1.54, 1.807) is 0 Å². The highest BCUT2D eigenvalue weighted by Gasteiger charge is 2.31. The Morgan fingerprint density at radius 3 is 2.76 bits per heavy atom. The van der Waals surface area contributed by atoms with Crippen LogP contribution in [0.2, 0.25) is 0 Å². The van der Waals surface area contributed by atoms with Gasteiger partial charge < -0.3 is 15.2 Å². The zero-order chi connectivity index (χ0) is 15.4. The van der Waals surface area contributed by atoms with E-state index in [1.165, 1.54) is 18.5 Å². The lowest BCUT2D eigenvalue weighted by Gasteiger charge is -2.33. The highest BCUT2D eigenvalue weighted by molar-refractivity contribution is 5.82. The maximum absolute atomic E-state index is 12.8. The molecule has 1 unspecified atom stereocenters. The molecule has 1 aromatic rings. The molecule has 21 heavy (non-hydrogen) atoms. The smallest absolute Gasteiger partial charge is 0.240 e. The number of aryl methyl sites for hydroxylation is 1. The first-order chi connectivity index (χ1) is 10.0. The van der Waals surface area contributed by atoms with Crippen LogP contribution in [0, 0.1) is 5.92 Å². The minimum absolute atomic E-state index is 0.122. The lowest BCUT2D eigenvalue weighted by atomic mass is 10.0. The van der Waals surface area contributed by atoms with Crippen molar-refractivity contribution in [2.24, 2.45) is 18.7 Å².